The first kappa shape index (κ1) is 18.8. The molecule has 0 aromatic heterocycles. The fourth-order valence-electron chi connectivity index (χ4n) is 2.81. The van der Waals surface area contributed by atoms with Gasteiger partial charge in [0.15, 0.2) is 0 Å². The van der Waals surface area contributed by atoms with Crippen LogP contribution in [-0.2, 0) is 0 Å². The van der Waals surface area contributed by atoms with Gasteiger partial charge in [0.25, 0.3) is 5.91 Å². The van der Waals surface area contributed by atoms with Crippen molar-refractivity contribution in [3.05, 3.63) is 59.2 Å². The second-order valence-corrected chi connectivity index (χ2v) is 6.21. The Morgan fingerprint density at radius 1 is 1.12 bits per heavy atom. The van der Waals surface area contributed by atoms with Crippen molar-refractivity contribution in [1.29, 1.82) is 0 Å². The Kier molecular flexibility index (Phi) is 6.87. The number of carbonyl (C=O) groups excluding carboxylic acids is 1. The molecule has 0 spiro atoms. The normalized spacial score (nSPS) is 10.4. The number of benzene rings is 2. The van der Waals surface area contributed by atoms with Crippen molar-refractivity contribution < 1.29 is 9.53 Å². The van der Waals surface area contributed by atoms with Gasteiger partial charge in [0.2, 0.25) is 0 Å². The third-order valence-corrected chi connectivity index (χ3v) is 4.35. The van der Waals surface area contributed by atoms with Crippen molar-refractivity contribution in [2.75, 3.05) is 31.6 Å². The van der Waals surface area contributed by atoms with Crippen molar-refractivity contribution in [3.8, 4) is 5.75 Å². The lowest BCUT2D eigenvalue weighted by Crippen LogP contribution is -2.30. The fraction of sp³-hybridized carbons (Fsp3) is 0.381. The molecule has 0 saturated heterocycles. The van der Waals surface area contributed by atoms with Crippen LogP contribution in [0.25, 0.3) is 0 Å². The van der Waals surface area contributed by atoms with Crippen LogP contribution in [-0.4, -0.2) is 32.7 Å². The number of nitrogens with one attached hydrogen (secondary N) is 1. The molecule has 0 bridgehead atoms. The molecule has 2 aromatic carbocycles. The Morgan fingerprint density at radius 3 is 2.48 bits per heavy atom. The van der Waals surface area contributed by atoms with Crippen molar-refractivity contribution in [1.82, 2.24) is 5.32 Å². The molecule has 1 amide bonds. The minimum atomic E-state index is 0.00805. The summed E-state index contributed by atoms with van der Waals surface area (Å²) in [5, 5.41) is 3.03. The summed E-state index contributed by atoms with van der Waals surface area (Å²) in [6.07, 6.45) is 0.899. The molecule has 0 saturated carbocycles. The van der Waals surface area contributed by atoms with E-state index in [0.717, 1.165) is 42.0 Å². The molecule has 25 heavy (non-hydrogen) atoms. The van der Waals surface area contributed by atoms with Crippen molar-refractivity contribution in [2.45, 2.75) is 27.2 Å². The molecule has 4 nitrogen and oxygen atoms in total. The highest BCUT2D eigenvalue weighted by Gasteiger charge is 2.09. The van der Waals surface area contributed by atoms with Gasteiger partial charge in [-0.1, -0.05) is 17.7 Å². The van der Waals surface area contributed by atoms with Crippen LogP contribution < -0.4 is 15.0 Å². The van der Waals surface area contributed by atoms with Gasteiger partial charge in [-0.3, -0.25) is 4.79 Å². The summed E-state index contributed by atoms with van der Waals surface area (Å²) in [4.78, 5) is 14.6. The van der Waals surface area contributed by atoms with E-state index in [-0.39, 0.29) is 5.91 Å². The van der Waals surface area contributed by atoms with Crippen molar-refractivity contribution >= 4 is 11.6 Å². The Bertz CT molecular complexity index is 696. The number of hydrogen-bond acceptors (Lipinski definition) is 3. The van der Waals surface area contributed by atoms with Gasteiger partial charge in [-0.15, -0.1) is 0 Å². The van der Waals surface area contributed by atoms with Gasteiger partial charge in [-0.05, 0) is 63.1 Å². The molecule has 0 radical (unpaired) electrons. The average Bonchev–Trinajstić information content (AvgIpc) is 2.64. The second-order valence-electron chi connectivity index (χ2n) is 6.21. The molecule has 0 aliphatic carbocycles. The van der Waals surface area contributed by atoms with Gasteiger partial charge >= 0.3 is 0 Å². The molecule has 2 rings (SSSR count). The van der Waals surface area contributed by atoms with Crippen molar-refractivity contribution in [2.24, 2.45) is 0 Å². The number of nitrogens with zero attached hydrogens (tertiary/aromatic N) is 1. The summed E-state index contributed by atoms with van der Waals surface area (Å²) in [6.45, 7) is 8.60. The quantitative estimate of drug-likeness (QED) is 0.740. The molecule has 0 fully saturated rings. The maximum absolute atomic E-state index is 12.3. The van der Waals surface area contributed by atoms with Gasteiger partial charge in [-0.2, -0.15) is 0 Å². The molecular formula is C21H28N2O2. The molecule has 0 aliphatic heterocycles. The minimum absolute atomic E-state index is 0.00805. The van der Waals surface area contributed by atoms with E-state index < -0.39 is 0 Å². The Labute approximate surface area is 150 Å². The van der Waals surface area contributed by atoms with Gasteiger partial charge in [-0.25, -0.2) is 0 Å². The van der Waals surface area contributed by atoms with Gasteiger partial charge in [0.05, 0.1) is 7.11 Å². The molecule has 2 aromatic rings. The first-order valence-electron chi connectivity index (χ1n) is 8.79. The lowest BCUT2D eigenvalue weighted by Gasteiger charge is -2.23. The summed E-state index contributed by atoms with van der Waals surface area (Å²) in [5.74, 6) is 0.870. The zero-order valence-corrected chi connectivity index (χ0v) is 15.6. The largest absolute Gasteiger partial charge is 0.497 e. The summed E-state index contributed by atoms with van der Waals surface area (Å²) < 4.78 is 5.20. The van der Waals surface area contributed by atoms with Crippen LogP contribution in [0.1, 0.15) is 34.8 Å². The van der Waals surface area contributed by atoms with Crippen LogP contribution in [0.3, 0.4) is 0 Å². The Balaban J connectivity index is 1.84. The summed E-state index contributed by atoms with van der Waals surface area (Å²) in [5.41, 5.74) is 4.05. The van der Waals surface area contributed by atoms with E-state index in [1.165, 1.54) is 5.69 Å². The first-order chi connectivity index (χ1) is 12.0. The van der Waals surface area contributed by atoms with E-state index in [1.54, 1.807) is 7.11 Å². The van der Waals surface area contributed by atoms with E-state index in [4.69, 9.17) is 4.74 Å². The third kappa shape index (κ3) is 5.24. The van der Waals surface area contributed by atoms with Gasteiger partial charge < -0.3 is 15.0 Å². The number of carbonyl (C=O) groups is 1. The highest BCUT2D eigenvalue weighted by Crippen LogP contribution is 2.19. The SMILES string of the molecule is CCN(CCCNC(=O)c1cc(C)ccc1C)c1ccc(OC)cc1. The van der Waals surface area contributed by atoms with Crippen LogP contribution in [0.4, 0.5) is 5.69 Å². The molecular weight excluding hydrogens is 312 g/mol. The monoisotopic (exact) mass is 340 g/mol. The molecule has 0 unspecified atom stereocenters. The molecule has 134 valence electrons. The summed E-state index contributed by atoms with van der Waals surface area (Å²) in [7, 11) is 1.67. The van der Waals surface area contributed by atoms with E-state index >= 15 is 0 Å². The smallest absolute Gasteiger partial charge is 0.251 e. The zero-order valence-electron chi connectivity index (χ0n) is 15.6. The topological polar surface area (TPSA) is 41.6 Å². The Hall–Kier alpha value is -2.49. The van der Waals surface area contributed by atoms with Crippen molar-refractivity contribution in [3.63, 3.8) is 0 Å². The van der Waals surface area contributed by atoms with Crippen LogP contribution in [0, 0.1) is 13.8 Å². The minimum Gasteiger partial charge on any atom is -0.497 e. The molecule has 0 atom stereocenters. The first-order valence-corrected chi connectivity index (χ1v) is 8.79. The number of aryl methyl sites for hydroxylation is 2. The number of amides is 1. The van der Waals surface area contributed by atoms with Crippen LogP contribution >= 0.6 is 0 Å². The Morgan fingerprint density at radius 2 is 1.84 bits per heavy atom. The lowest BCUT2D eigenvalue weighted by molar-refractivity contribution is 0.0952. The summed E-state index contributed by atoms with van der Waals surface area (Å²) in [6, 6.07) is 14.0. The maximum atomic E-state index is 12.3. The molecule has 0 aliphatic rings. The fourth-order valence-corrected chi connectivity index (χ4v) is 2.81. The predicted molar refractivity (Wildman–Crippen MR) is 104 cm³/mol. The second kappa shape index (κ2) is 9.11. The number of methoxy groups -OCH3 is 1. The van der Waals surface area contributed by atoms with Crippen LogP contribution in [0.15, 0.2) is 42.5 Å². The number of hydrogen-bond donors (Lipinski definition) is 1. The third-order valence-electron chi connectivity index (χ3n) is 4.35. The molecule has 1 N–H and O–H groups in total. The highest BCUT2D eigenvalue weighted by atomic mass is 16.5. The van der Waals surface area contributed by atoms with E-state index in [9.17, 15) is 4.79 Å². The van der Waals surface area contributed by atoms with Crippen LogP contribution in [0.2, 0.25) is 0 Å². The average molecular weight is 340 g/mol. The number of ether oxygens (including phenoxy) is 1. The molecule has 4 heteroatoms. The highest BCUT2D eigenvalue weighted by molar-refractivity contribution is 5.95. The van der Waals surface area contributed by atoms with Crippen LogP contribution in [0.5, 0.6) is 5.75 Å². The van der Waals surface area contributed by atoms with E-state index in [0.29, 0.717) is 6.54 Å². The van der Waals surface area contributed by atoms with E-state index in [1.807, 2.05) is 44.2 Å². The number of rotatable bonds is 8. The van der Waals surface area contributed by atoms with Gasteiger partial charge in [0.1, 0.15) is 5.75 Å². The standard InChI is InChI=1S/C21H28N2O2/c1-5-23(18-9-11-19(25-4)12-10-18)14-6-13-22-21(24)20-15-16(2)7-8-17(20)3/h7-12,15H,5-6,13-14H2,1-4H3,(H,22,24). The van der Waals surface area contributed by atoms with E-state index in [2.05, 4.69) is 29.3 Å². The zero-order chi connectivity index (χ0) is 18.2. The molecule has 0 heterocycles. The van der Waals surface area contributed by atoms with Gasteiger partial charge in [0, 0.05) is 30.9 Å². The lowest BCUT2D eigenvalue weighted by atomic mass is 10.1. The predicted octanol–water partition coefficient (Wildman–Crippen LogP) is 3.96. The maximum Gasteiger partial charge on any atom is 0.251 e. The number of anilines is 1. The summed E-state index contributed by atoms with van der Waals surface area (Å²) >= 11 is 0.